The van der Waals surface area contributed by atoms with E-state index in [1.54, 1.807) is 30.5 Å². The maximum atomic E-state index is 14.6. The molecule has 0 radical (unpaired) electrons. The van der Waals surface area contributed by atoms with E-state index in [4.69, 9.17) is 29.4 Å². The SMILES string of the molecule is CC[C@H]1OC(=O)[C@H](C)C(=O)[C@H](C)[C@@H](O[C@@H]2O[C@H](C)CC(N(C)C)C2O)[C@](C)(OC)C[C@@H](C)CN[C@H](Cc2ccccc2)[C@H]2N(CCCCn3cc(-c4cccc(N)c4)nn3)C(=O)O[C@]12C.CSF. The maximum absolute atomic E-state index is 14.6. The van der Waals surface area contributed by atoms with E-state index in [-0.39, 0.29) is 36.3 Å². The predicted molar refractivity (Wildman–Crippen MR) is 261 cm³/mol. The molecule has 3 saturated heterocycles. The molecule has 1 amide bonds. The van der Waals surface area contributed by atoms with E-state index in [9.17, 15) is 23.4 Å². The minimum atomic E-state index is -1.30. The van der Waals surface area contributed by atoms with Crippen molar-refractivity contribution in [2.75, 3.05) is 46.3 Å². The van der Waals surface area contributed by atoms with Crippen molar-refractivity contribution in [3.05, 3.63) is 66.4 Å². The topological polar surface area (TPSA) is 193 Å². The summed E-state index contributed by atoms with van der Waals surface area (Å²) in [5.74, 6) is -3.27. The zero-order valence-electron chi connectivity index (χ0n) is 41.8. The number of benzene rings is 2. The van der Waals surface area contributed by atoms with Gasteiger partial charge in [0.25, 0.3) is 0 Å². The number of carbonyl (C=O) groups excluding carboxylic acids is 3. The van der Waals surface area contributed by atoms with Crippen LogP contribution in [0.4, 0.5) is 14.4 Å². The number of halogens is 1. The van der Waals surface area contributed by atoms with Gasteiger partial charge in [-0.2, -0.15) is 3.89 Å². The van der Waals surface area contributed by atoms with E-state index in [2.05, 4.69) is 34.7 Å². The van der Waals surface area contributed by atoms with Crippen molar-refractivity contribution < 1.29 is 47.1 Å². The summed E-state index contributed by atoms with van der Waals surface area (Å²) in [6, 6.07) is 16.4. The number of nitrogens with two attached hydrogens (primary N) is 1. The number of anilines is 1. The highest BCUT2D eigenvalue weighted by atomic mass is 32.2. The van der Waals surface area contributed by atoms with Crippen molar-refractivity contribution in [3.63, 3.8) is 0 Å². The van der Waals surface area contributed by atoms with Crippen LogP contribution in [0.15, 0.2) is 60.8 Å². The fourth-order valence-electron chi connectivity index (χ4n) is 10.3. The molecular weight excluding hydrogens is 894 g/mol. The summed E-state index contributed by atoms with van der Waals surface area (Å²) < 4.78 is 44.1. The standard InChI is InChI=1S/C49H73N7O9.CH3FS/c1-11-40-49(7)43(56(47(60)65-49)23-16-15-22-55-29-38(52-53-55)35-20-17-21-36(50)26-35)37(25-34-18-13-12-14-19-34)51-28-30(2)27-48(6,61-10)44(32(4)41(57)33(5)45(59)63-40)64-46-42(58)39(54(8)9)24-31(3)62-46;1-3-2/h12-14,17-21,26,29-33,37,39-40,42-44,46,51,58H,11,15-16,22-25,27-28,50H2,1-10H3;1H3/t30-,31-,32+,33-,37-,39?,40-,42?,43-,44-,46+,48-,49-;/m1./s1. The number of unbranched alkanes of at least 4 members (excludes halogenated alkanes) is 1. The number of amides is 1. The van der Waals surface area contributed by atoms with Gasteiger partial charge in [0.2, 0.25) is 0 Å². The fraction of sp³-hybridized carbons (Fsp3) is 0.660. The van der Waals surface area contributed by atoms with Crippen molar-refractivity contribution in [1.29, 1.82) is 0 Å². The first kappa shape index (κ1) is 54.8. The van der Waals surface area contributed by atoms with Crippen LogP contribution >= 0.6 is 12.1 Å². The molecule has 2 unspecified atom stereocenters. The Bertz CT molecular complexity index is 2090. The molecule has 0 saturated carbocycles. The van der Waals surface area contributed by atoms with Crippen LogP contribution in [0.2, 0.25) is 0 Å². The third-order valence-corrected chi connectivity index (χ3v) is 14.0. The minimum Gasteiger partial charge on any atom is -0.458 e. The van der Waals surface area contributed by atoms with Gasteiger partial charge in [-0.15, -0.1) is 5.10 Å². The zero-order chi connectivity index (χ0) is 49.9. The molecule has 16 nitrogen and oxygen atoms in total. The lowest BCUT2D eigenvalue weighted by Gasteiger charge is -2.46. The van der Waals surface area contributed by atoms with Crippen molar-refractivity contribution >= 4 is 35.7 Å². The number of aryl methyl sites for hydroxylation is 1. The van der Waals surface area contributed by atoms with Gasteiger partial charge in [0.1, 0.15) is 23.8 Å². The molecule has 13 atom stereocenters. The normalized spacial score (nSPS) is 32.9. The minimum absolute atomic E-state index is 0.0581. The molecule has 0 bridgehead atoms. The number of hydrogen-bond donors (Lipinski definition) is 3. The Morgan fingerprint density at radius 1 is 1.04 bits per heavy atom. The Labute approximate surface area is 406 Å². The smallest absolute Gasteiger partial charge is 0.410 e. The quantitative estimate of drug-likeness (QED) is 0.0706. The summed E-state index contributed by atoms with van der Waals surface area (Å²) in [6.07, 6.45) is 1.90. The average Bonchev–Trinajstić information content (AvgIpc) is 3.89. The van der Waals surface area contributed by atoms with Crippen molar-refractivity contribution in [1.82, 2.24) is 30.1 Å². The molecule has 3 aliphatic rings. The van der Waals surface area contributed by atoms with Crippen LogP contribution in [0.1, 0.15) is 86.1 Å². The van der Waals surface area contributed by atoms with Crippen molar-refractivity contribution in [3.8, 4) is 11.3 Å². The predicted octanol–water partition coefficient (Wildman–Crippen LogP) is 6.74. The van der Waals surface area contributed by atoms with Crippen LogP contribution in [0.3, 0.4) is 0 Å². The van der Waals surface area contributed by atoms with Gasteiger partial charge in [-0.05, 0) is 110 Å². The molecule has 0 aliphatic carbocycles. The molecule has 18 heteroatoms. The second-order valence-corrected chi connectivity index (χ2v) is 19.8. The number of nitrogens with one attached hydrogen (secondary N) is 1. The lowest BCUT2D eigenvalue weighted by atomic mass is 9.78. The number of methoxy groups -OCH3 is 1. The van der Waals surface area contributed by atoms with Gasteiger partial charge in [-0.1, -0.05) is 68.4 Å². The number of ketones is 1. The number of ether oxygens (including phenoxy) is 5. The molecule has 2 aromatic carbocycles. The molecule has 4 N–H and O–H groups in total. The number of rotatable bonds is 13. The molecule has 3 aliphatic heterocycles. The fourth-order valence-corrected chi connectivity index (χ4v) is 10.3. The first-order valence-corrected chi connectivity index (χ1v) is 25.1. The molecule has 1 aromatic heterocycles. The van der Waals surface area contributed by atoms with E-state index in [1.165, 1.54) is 6.26 Å². The lowest BCUT2D eigenvalue weighted by Crippen LogP contribution is -2.62. The molecule has 4 heterocycles. The summed E-state index contributed by atoms with van der Waals surface area (Å²) >= 11 is 0.250. The van der Waals surface area contributed by atoms with Gasteiger partial charge in [-0.3, -0.25) is 19.2 Å². The third-order valence-electron chi connectivity index (χ3n) is 14.0. The highest BCUT2D eigenvalue weighted by Crippen LogP contribution is 2.41. The number of esters is 1. The number of hydrogen-bond acceptors (Lipinski definition) is 15. The second-order valence-electron chi connectivity index (χ2n) is 19.4. The van der Waals surface area contributed by atoms with Gasteiger partial charge in [0.05, 0.1) is 30.0 Å². The highest BCUT2D eigenvalue weighted by molar-refractivity contribution is 7.93. The van der Waals surface area contributed by atoms with E-state index in [1.807, 2.05) is 95.4 Å². The molecule has 6 rings (SSSR count). The number of nitrogens with zero attached hydrogens (tertiary/aromatic N) is 5. The van der Waals surface area contributed by atoms with Gasteiger partial charge in [-0.25, -0.2) is 4.79 Å². The van der Waals surface area contributed by atoms with Crippen LogP contribution in [0.25, 0.3) is 11.3 Å². The number of aliphatic hydroxyl groups is 1. The molecule has 378 valence electrons. The van der Waals surface area contributed by atoms with Crippen molar-refractivity contribution in [2.24, 2.45) is 17.8 Å². The zero-order valence-corrected chi connectivity index (χ0v) is 42.6. The van der Waals surface area contributed by atoms with E-state index >= 15 is 0 Å². The number of cyclic esters (lactones) is 1. The Balaban J connectivity index is 0.00000280. The Morgan fingerprint density at radius 2 is 1.74 bits per heavy atom. The Kier molecular flexibility index (Phi) is 19.8. The third kappa shape index (κ3) is 13.2. The number of likely N-dealkylation sites (N-methyl/N-ethyl adjacent to an activating group) is 1. The van der Waals surface area contributed by atoms with E-state index < -0.39 is 71.5 Å². The second kappa shape index (κ2) is 24.6. The summed E-state index contributed by atoms with van der Waals surface area (Å²) in [5, 5.41) is 24.1. The number of nitrogen functional groups attached to an aromatic ring is 1. The van der Waals surface area contributed by atoms with Crippen LogP contribution in [0, 0.1) is 17.8 Å². The van der Waals surface area contributed by atoms with Gasteiger partial charge >= 0.3 is 12.1 Å². The van der Waals surface area contributed by atoms with Crippen LogP contribution in [-0.4, -0.2) is 148 Å². The number of Topliss-reactive ketones (excluding diaryl/α,β-unsaturated/α-hetero) is 1. The lowest BCUT2D eigenvalue weighted by molar-refractivity contribution is -0.295. The molecule has 3 aromatic rings. The number of carbonyl (C=O) groups is 3. The molecule has 0 spiro atoms. The first-order chi connectivity index (χ1) is 32.3. The average molecular weight is 970 g/mol. The maximum Gasteiger partial charge on any atom is 0.410 e. The summed E-state index contributed by atoms with van der Waals surface area (Å²) in [5.41, 5.74) is 6.93. The molecule has 68 heavy (non-hydrogen) atoms. The number of fused-ring (bicyclic) bond motifs is 1. The summed E-state index contributed by atoms with van der Waals surface area (Å²) in [7, 11) is 5.41. The van der Waals surface area contributed by atoms with Crippen molar-refractivity contribution in [2.45, 2.75) is 154 Å². The summed E-state index contributed by atoms with van der Waals surface area (Å²) in [4.78, 5) is 46.9. The number of aromatic nitrogens is 3. The molecular formula is C50H76FN7O9S. The Hall–Kier alpha value is -4.17. The van der Waals surface area contributed by atoms with Crippen LogP contribution in [-0.2, 0) is 46.2 Å². The molecule has 3 fully saturated rings. The van der Waals surface area contributed by atoms with Gasteiger partial charge < -0.3 is 44.7 Å². The van der Waals surface area contributed by atoms with Crippen LogP contribution < -0.4 is 11.1 Å². The number of aliphatic hydroxyl groups excluding tert-OH is 1. The van der Waals surface area contributed by atoms with Crippen LogP contribution in [0.5, 0.6) is 0 Å². The van der Waals surface area contributed by atoms with Gasteiger partial charge in [0, 0.05) is 67.9 Å². The Morgan fingerprint density at radius 3 is 2.38 bits per heavy atom. The van der Waals surface area contributed by atoms with E-state index in [0.717, 1.165) is 16.8 Å². The largest absolute Gasteiger partial charge is 0.458 e. The monoisotopic (exact) mass is 970 g/mol. The highest BCUT2D eigenvalue weighted by Gasteiger charge is 2.59. The van der Waals surface area contributed by atoms with Gasteiger partial charge in [0.15, 0.2) is 17.7 Å². The van der Waals surface area contributed by atoms with E-state index in [0.29, 0.717) is 63.8 Å². The summed E-state index contributed by atoms with van der Waals surface area (Å²) in [6.45, 7) is 14.4. The first-order valence-electron chi connectivity index (χ1n) is 23.9.